The number of benzene rings is 2. The molecule has 0 radical (unpaired) electrons. The third-order valence-electron chi connectivity index (χ3n) is 3.16. The predicted molar refractivity (Wildman–Crippen MR) is 83.9 cm³/mol. The van der Waals surface area contributed by atoms with Crippen LogP contribution >= 0.6 is 11.3 Å². The molecule has 20 heavy (non-hydrogen) atoms. The van der Waals surface area contributed by atoms with Crippen LogP contribution in [0.15, 0.2) is 48.5 Å². The summed E-state index contributed by atoms with van der Waals surface area (Å²) in [4.78, 5) is 1.24. The Balaban J connectivity index is 1.72. The number of hydrogen-bond acceptors (Lipinski definition) is 3. The number of methoxy groups -OCH3 is 1. The number of rotatable bonds is 4. The molecule has 0 saturated heterocycles. The van der Waals surface area contributed by atoms with Crippen molar-refractivity contribution < 1.29 is 9.47 Å². The molecular weight excluding hydrogens is 268 g/mol. The van der Waals surface area contributed by atoms with Gasteiger partial charge in [-0.25, -0.2) is 0 Å². The molecule has 0 atom stereocenters. The highest BCUT2D eigenvalue weighted by Gasteiger charge is 2.03. The summed E-state index contributed by atoms with van der Waals surface area (Å²) < 4.78 is 12.2. The topological polar surface area (TPSA) is 18.5 Å². The smallest absolute Gasteiger partial charge is 0.122 e. The average Bonchev–Trinajstić information content (AvgIpc) is 2.87. The van der Waals surface area contributed by atoms with Crippen LogP contribution in [0.3, 0.4) is 0 Å². The first kappa shape index (κ1) is 13.0. The van der Waals surface area contributed by atoms with Gasteiger partial charge in [-0.2, -0.15) is 0 Å². The van der Waals surface area contributed by atoms with Gasteiger partial charge in [0, 0.05) is 9.58 Å². The van der Waals surface area contributed by atoms with E-state index in [9.17, 15) is 0 Å². The van der Waals surface area contributed by atoms with E-state index in [2.05, 4.69) is 31.2 Å². The van der Waals surface area contributed by atoms with Crippen molar-refractivity contribution in [3.05, 3.63) is 59.0 Å². The molecule has 0 saturated carbocycles. The Hall–Kier alpha value is -2.00. The summed E-state index contributed by atoms with van der Waals surface area (Å²) in [6, 6.07) is 16.4. The second-order valence-electron chi connectivity index (χ2n) is 4.72. The lowest BCUT2D eigenvalue weighted by Crippen LogP contribution is -1.92. The largest absolute Gasteiger partial charge is 0.497 e. The Morgan fingerprint density at radius 3 is 2.45 bits per heavy atom. The SMILES string of the molecule is COc1ccc(OCc2cc3cc(C)ccc3s2)cc1. The lowest BCUT2D eigenvalue weighted by molar-refractivity contribution is 0.309. The fraction of sp³-hybridized carbons (Fsp3) is 0.176. The molecule has 2 nitrogen and oxygen atoms in total. The summed E-state index contributed by atoms with van der Waals surface area (Å²) in [5.41, 5.74) is 1.29. The normalized spacial score (nSPS) is 10.7. The van der Waals surface area contributed by atoms with E-state index < -0.39 is 0 Å². The van der Waals surface area contributed by atoms with Gasteiger partial charge in [-0.3, -0.25) is 0 Å². The van der Waals surface area contributed by atoms with Gasteiger partial charge in [-0.15, -0.1) is 11.3 Å². The number of fused-ring (bicyclic) bond motifs is 1. The molecule has 0 unspecified atom stereocenters. The van der Waals surface area contributed by atoms with Gasteiger partial charge in [0.2, 0.25) is 0 Å². The molecule has 3 aromatic rings. The minimum absolute atomic E-state index is 0.602. The van der Waals surface area contributed by atoms with Crippen molar-refractivity contribution in [1.82, 2.24) is 0 Å². The Kier molecular flexibility index (Phi) is 3.61. The van der Waals surface area contributed by atoms with Crippen molar-refractivity contribution in [2.24, 2.45) is 0 Å². The van der Waals surface area contributed by atoms with Gasteiger partial charge >= 0.3 is 0 Å². The van der Waals surface area contributed by atoms with Crippen LogP contribution in [-0.2, 0) is 6.61 Å². The molecule has 0 aliphatic rings. The van der Waals surface area contributed by atoms with E-state index in [0.717, 1.165) is 11.5 Å². The van der Waals surface area contributed by atoms with E-state index in [-0.39, 0.29) is 0 Å². The molecule has 0 aliphatic heterocycles. The third kappa shape index (κ3) is 2.78. The number of ether oxygens (including phenoxy) is 2. The highest BCUT2D eigenvalue weighted by molar-refractivity contribution is 7.19. The molecule has 0 spiro atoms. The Labute approximate surface area is 122 Å². The molecule has 1 aromatic heterocycles. The van der Waals surface area contributed by atoms with Gasteiger partial charge in [0.15, 0.2) is 0 Å². The van der Waals surface area contributed by atoms with E-state index in [4.69, 9.17) is 9.47 Å². The van der Waals surface area contributed by atoms with Crippen molar-refractivity contribution in [3.8, 4) is 11.5 Å². The van der Waals surface area contributed by atoms with Crippen LogP contribution in [0, 0.1) is 6.92 Å². The average molecular weight is 284 g/mol. The number of hydrogen-bond donors (Lipinski definition) is 0. The fourth-order valence-electron chi connectivity index (χ4n) is 2.12. The van der Waals surface area contributed by atoms with Crippen molar-refractivity contribution in [2.75, 3.05) is 7.11 Å². The van der Waals surface area contributed by atoms with Crippen molar-refractivity contribution in [1.29, 1.82) is 0 Å². The monoisotopic (exact) mass is 284 g/mol. The molecule has 0 N–H and O–H groups in total. The standard InChI is InChI=1S/C17H16O2S/c1-12-3-8-17-13(9-12)10-16(20-17)11-19-15-6-4-14(18-2)5-7-15/h3-10H,11H2,1-2H3. The molecule has 1 heterocycles. The van der Waals surface area contributed by atoms with Crippen LogP contribution in [0.4, 0.5) is 0 Å². The summed E-state index contributed by atoms with van der Waals surface area (Å²) in [5, 5.41) is 1.29. The second-order valence-corrected chi connectivity index (χ2v) is 5.89. The van der Waals surface area contributed by atoms with E-state index in [1.807, 2.05) is 24.3 Å². The lowest BCUT2D eigenvalue weighted by Gasteiger charge is -2.05. The van der Waals surface area contributed by atoms with Crippen LogP contribution in [0.2, 0.25) is 0 Å². The molecule has 3 heteroatoms. The Morgan fingerprint density at radius 1 is 0.950 bits per heavy atom. The minimum Gasteiger partial charge on any atom is -0.497 e. The van der Waals surface area contributed by atoms with E-state index in [1.165, 1.54) is 20.5 Å². The van der Waals surface area contributed by atoms with Crippen LogP contribution in [0.1, 0.15) is 10.4 Å². The molecule has 0 fully saturated rings. The van der Waals surface area contributed by atoms with Gasteiger partial charge in [0.25, 0.3) is 0 Å². The molecule has 2 aromatic carbocycles. The van der Waals surface area contributed by atoms with Crippen LogP contribution in [0.25, 0.3) is 10.1 Å². The van der Waals surface area contributed by atoms with Gasteiger partial charge in [-0.1, -0.05) is 17.7 Å². The van der Waals surface area contributed by atoms with E-state index in [0.29, 0.717) is 6.61 Å². The quantitative estimate of drug-likeness (QED) is 0.685. The van der Waals surface area contributed by atoms with Crippen molar-refractivity contribution >= 4 is 21.4 Å². The molecule has 0 aliphatic carbocycles. The van der Waals surface area contributed by atoms with Gasteiger partial charge in [0.05, 0.1) is 7.11 Å². The Bertz CT molecular complexity index is 713. The summed E-state index contributed by atoms with van der Waals surface area (Å²) in [7, 11) is 1.66. The second kappa shape index (κ2) is 5.55. The van der Waals surface area contributed by atoms with Crippen molar-refractivity contribution in [2.45, 2.75) is 13.5 Å². The summed E-state index contributed by atoms with van der Waals surface area (Å²) >= 11 is 1.78. The zero-order valence-corrected chi connectivity index (χ0v) is 12.4. The number of aryl methyl sites for hydroxylation is 1. The highest BCUT2D eigenvalue weighted by Crippen LogP contribution is 2.27. The Morgan fingerprint density at radius 2 is 1.70 bits per heavy atom. The summed E-state index contributed by atoms with van der Waals surface area (Å²) in [6.07, 6.45) is 0. The lowest BCUT2D eigenvalue weighted by atomic mass is 10.2. The molecule has 0 amide bonds. The first-order valence-electron chi connectivity index (χ1n) is 6.50. The van der Waals surface area contributed by atoms with E-state index in [1.54, 1.807) is 18.4 Å². The first-order chi connectivity index (χ1) is 9.74. The van der Waals surface area contributed by atoms with Crippen molar-refractivity contribution in [3.63, 3.8) is 0 Å². The highest BCUT2D eigenvalue weighted by atomic mass is 32.1. The molecule has 3 rings (SSSR count). The van der Waals surface area contributed by atoms with Gasteiger partial charge in [0.1, 0.15) is 18.1 Å². The van der Waals surface area contributed by atoms with Crippen LogP contribution in [-0.4, -0.2) is 7.11 Å². The van der Waals surface area contributed by atoms with E-state index >= 15 is 0 Å². The predicted octanol–water partition coefficient (Wildman–Crippen LogP) is 4.80. The summed E-state index contributed by atoms with van der Waals surface area (Å²) in [6.45, 7) is 2.72. The van der Waals surface area contributed by atoms with Gasteiger partial charge in [-0.05, 0) is 48.7 Å². The minimum atomic E-state index is 0.602. The first-order valence-corrected chi connectivity index (χ1v) is 7.32. The fourth-order valence-corrected chi connectivity index (χ4v) is 3.07. The maximum Gasteiger partial charge on any atom is 0.122 e. The third-order valence-corrected chi connectivity index (χ3v) is 4.25. The molecule has 0 bridgehead atoms. The zero-order chi connectivity index (χ0) is 13.9. The summed E-state index contributed by atoms with van der Waals surface area (Å²) in [5.74, 6) is 1.70. The number of thiophene rings is 1. The van der Waals surface area contributed by atoms with Gasteiger partial charge < -0.3 is 9.47 Å². The van der Waals surface area contributed by atoms with Crippen LogP contribution < -0.4 is 9.47 Å². The maximum atomic E-state index is 5.81. The molecular formula is C17H16O2S. The van der Waals surface area contributed by atoms with Crippen LogP contribution in [0.5, 0.6) is 11.5 Å². The zero-order valence-electron chi connectivity index (χ0n) is 11.6. The molecule has 102 valence electrons. The maximum absolute atomic E-state index is 5.81.